The van der Waals surface area contributed by atoms with E-state index in [1.165, 1.54) is 16.9 Å². The van der Waals surface area contributed by atoms with Gasteiger partial charge in [-0.25, -0.2) is 4.98 Å². The quantitative estimate of drug-likeness (QED) is 0.685. The number of aromatic nitrogens is 1. The van der Waals surface area contributed by atoms with Gasteiger partial charge in [0.15, 0.2) is 0 Å². The lowest BCUT2D eigenvalue weighted by Gasteiger charge is -1.95. The Bertz CT molecular complexity index is 383. The van der Waals surface area contributed by atoms with Crippen LogP contribution in [0.2, 0.25) is 0 Å². The highest BCUT2D eigenvalue weighted by Gasteiger charge is 1.95. The lowest BCUT2D eigenvalue weighted by molar-refractivity contribution is 1.11. The maximum atomic E-state index is 7.56. The molecule has 1 heterocycles. The molecule has 0 aliphatic carbocycles. The molecule has 2 heteroatoms. The zero-order chi connectivity index (χ0) is 9.10. The normalized spacial score (nSPS) is 11.2. The average molecular weight is 176 g/mol. The van der Waals surface area contributed by atoms with Crippen LogP contribution >= 0.6 is 11.3 Å². The molecule has 0 bridgehead atoms. The van der Waals surface area contributed by atoms with Gasteiger partial charge in [0.2, 0.25) is 0 Å². The van der Waals surface area contributed by atoms with Crippen molar-refractivity contribution in [3.63, 3.8) is 0 Å². The third-order valence-electron chi connectivity index (χ3n) is 1.65. The Morgan fingerprint density at radius 3 is 2.83 bits per heavy atom. The third kappa shape index (κ3) is 1.71. The SMILES string of the molecule is [2H]c1scnc1Cc1ccccc1. The molecule has 0 unspecified atom stereocenters. The Morgan fingerprint density at radius 1 is 1.33 bits per heavy atom. The molecule has 0 spiro atoms. The molecule has 0 N–H and O–H groups in total. The summed E-state index contributed by atoms with van der Waals surface area (Å²) in [5.41, 5.74) is 3.80. The van der Waals surface area contributed by atoms with E-state index in [-0.39, 0.29) is 0 Å². The van der Waals surface area contributed by atoms with E-state index in [1.807, 2.05) is 18.2 Å². The molecule has 1 aromatic heterocycles. The predicted octanol–water partition coefficient (Wildman–Crippen LogP) is 2.73. The molecular weight excluding hydrogens is 166 g/mol. The Hall–Kier alpha value is -1.15. The highest BCUT2D eigenvalue weighted by Crippen LogP contribution is 2.08. The molecule has 0 saturated carbocycles. The first-order chi connectivity index (χ1) is 6.36. The Kier molecular flexibility index (Phi) is 1.86. The van der Waals surface area contributed by atoms with Crippen LogP contribution < -0.4 is 0 Å². The average Bonchev–Trinajstić information content (AvgIpc) is 2.54. The summed E-state index contributed by atoms with van der Waals surface area (Å²) in [6, 6.07) is 10.1. The van der Waals surface area contributed by atoms with Crippen molar-refractivity contribution in [1.29, 1.82) is 0 Å². The van der Waals surface area contributed by atoms with Crippen molar-refractivity contribution in [2.75, 3.05) is 0 Å². The van der Waals surface area contributed by atoms with E-state index in [4.69, 9.17) is 1.37 Å². The first-order valence-electron chi connectivity index (χ1n) is 4.29. The number of nitrogens with zero attached hydrogens (tertiary/aromatic N) is 1. The molecule has 0 amide bonds. The van der Waals surface area contributed by atoms with Crippen LogP contribution in [-0.4, -0.2) is 4.98 Å². The van der Waals surface area contributed by atoms with Gasteiger partial charge in [-0.05, 0) is 5.56 Å². The van der Waals surface area contributed by atoms with E-state index >= 15 is 0 Å². The van der Waals surface area contributed by atoms with Gasteiger partial charge in [-0.2, -0.15) is 0 Å². The van der Waals surface area contributed by atoms with E-state index in [0.29, 0.717) is 5.36 Å². The maximum Gasteiger partial charge on any atom is 0.0794 e. The molecule has 60 valence electrons. The van der Waals surface area contributed by atoms with Crippen LogP contribution in [0.5, 0.6) is 0 Å². The van der Waals surface area contributed by atoms with E-state index in [0.717, 1.165) is 12.1 Å². The Labute approximate surface area is 77.1 Å². The minimum absolute atomic E-state index is 0.573. The van der Waals surface area contributed by atoms with Crippen molar-refractivity contribution in [1.82, 2.24) is 4.98 Å². The molecule has 0 aliphatic heterocycles. The van der Waals surface area contributed by atoms with Gasteiger partial charge < -0.3 is 0 Å². The molecule has 0 saturated heterocycles. The second kappa shape index (κ2) is 3.50. The van der Waals surface area contributed by atoms with Crippen LogP contribution in [0.15, 0.2) is 41.2 Å². The summed E-state index contributed by atoms with van der Waals surface area (Å²) in [6.07, 6.45) is 0.767. The van der Waals surface area contributed by atoms with Gasteiger partial charge in [0.25, 0.3) is 0 Å². The maximum absolute atomic E-state index is 7.56. The summed E-state index contributed by atoms with van der Waals surface area (Å²) in [6.45, 7) is 0. The number of thiazole rings is 1. The van der Waals surface area contributed by atoms with Gasteiger partial charge >= 0.3 is 0 Å². The number of rotatable bonds is 2. The van der Waals surface area contributed by atoms with Gasteiger partial charge in [-0.1, -0.05) is 30.3 Å². The van der Waals surface area contributed by atoms with E-state index in [1.54, 1.807) is 5.51 Å². The molecule has 12 heavy (non-hydrogen) atoms. The first-order valence-corrected chi connectivity index (χ1v) is 4.67. The van der Waals surface area contributed by atoms with Crippen molar-refractivity contribution in [3.05, 3.63) is 52.5 Å². The summed E-state index contributed by atoms with van der Waals surface area (Å²) in [5.74, 6) is 0. The van der Waals surface area contributed by atoms with Crippen LogP contribution in [-0.2, 0) is 6.42 Å². The van der Waals surface area contributed by atoms with Crippen molar-refractivity contribution in [2.24, 2.45) is 0 Å². The first kappa shape index (κ1) is 6.38. The highest BCUT2D eigenvalue weighted by molar-refractivity contribution is 7.07. The number of benzene rings is 1. The minimum Gasteiger partial charge on any atom is -0.249 e. The van der Waals surface area contributed by atoms with Gasteiger partial charge in [-0.15, -0.1) is 11.3 Å². The summed E-state index contributed by atoms with van der Waals surface area (Å²) >= 11 is 1.38. The third-order valence-corrected chi connectivity index (χ3v) is 2.22. The van der Waals surface area contributed by atoms with Crippen molar-refractivity contribution >= 4 is 11.3 Å². The van der Waals surface area contributed by atoms with Crippen LogP contribution in [0.4, 0.5) is 0 Å². The van der Waals surface area contributed by atoms with E-state index < -0.39 is 0 Å². The molecule has 2 rings (SSSR count). The van der Waals surface area contributed by atoms with Gasteiger partial charge in [0.1, 0.15) is 0 Å². The fourth-order valence-electron chi connectivity index (χ4n) is 1.08. The van der Waals surface area contributed by atoms with Crippen molar-refractivity contribution < 1.29 is 1.37 Å². The molecule has 1 nitrogen and oxygen atoms in total. The highest BCUT2D eigenvalue weighted by atomic mass is 32.1. The molecule has 1 aromatic carbocycles. The minimum atomic E-state index is 0.573. The molecular formula is C10H9NS. The number of hydrogen-bond acceptors (Lipinski definition) is 2. The van der Waals surface area contributed by atoms with E-state index in [9.17, 15) is 0 Å². The zero-order valence-corrected chi connectivity index (χ0v) is 7.34. The van der Waals surface area contributed by atoms with Crippen LogP contribution in [0.25, 0.3) is 0 Å². The lowest BCUT2D eigenvalue weighted by atomic mass is 10.1. The van der Waals surface area contributed by atoms with Crippen LogP contribution in [0.1, 0.15) is 12.6 Å². The van der Waals surface area contributed by atoms with Crippen molar-refractivity contribution in [3.8, 4) is 0 Å². The predicted molar refractivity (Wildman–Crippen MR) is 51.4 cm³/mol. The van der Waals surface area contributed by atoms with Crippen LogP contribution in [0, 0.1) is 0 Å². The second-order valence-electron chi connectivity index (χ2n) is 2.56. The molecule has 2 aromatic rings. The van der Waals surface area contributed by atoms with Crippen molar-refractivity contribution in [2.45, 2.75) is 6.42 Å². The fourth-order valence-corrected chi connectivity index (χ4v) is 1.58. The number of hydrogen-bond donors (Lipinski definition) is 0. The molecule has 0 fully saturated rings. The Morgan fingerprint density at radius 2 is 2.17 bits per heavy atom. The topological polar surface area (TPSA) is 12.9 Å². The second-order valence-corrected chi connectivity index (χ2v) is 3.21. The van der Waals surface area contributed by atoms with Gasteiger partial charge in [0.05, 0.1) is 12.6 Å². The summed E-state index contributed by atoms with van der Waals surface area (Å²) in [5, 5.41) is 0.573. The summed E-state index contributed by atoms with van der Waals surface area (Å²) in [4.78, 5) is 4.14. The zero-order valence-electron chi connectivity index (χ0n) is 7.53. The van der Waals surface area contributed by atoms with Crippen LogP contribution in [0.3, 0.4) is 0 Å². The van der Waals surface area contributed by atoms with Gasteiger partial charge in [0, 0.05) is 11.8 Å². The van der Waals surface area contributed by atoms with E-state index in [2.05, 4.69) is 17.1 Å². The van der Waals surface area contributed by atoms with Gasteiger partial charge in [-0.3, -0.25) is 0 Å². The molecule has 0 atom stereocenters. The monoisotopic (exact) mass is 176 g/mol. The fraction of sp³-hybridized carbons (Fsp3) is 0.100. The summed E-state index contributed by atoms with van der Waals surface area (Å²) in [7, 11) is 0. The largest absolute Gasteiger partial charge is 0.249 e. The molecule has 0 aliphatic rings. The molecule has 0 radical (unpaired) electrons. The summed E-state index contributed by atoms with van der Waals surface area (Å²) < 4.78 is 7.56. The standard InChI is InChI=1S/C10H9NS/c1-2-4-9(5-3-1)6-10-7-12-8-11-10/h1-5,7-8H,6H2/i7D. The lowest BCUT2D eigenvalue weighted by Crippen LogP contribution is -1.86. The Balaban J connectivity index is 2.20. The smallest absolute Gasteiger partial charge is 0.0794 e.